The number of hydrogen-bond donors (Lipinski definition) is 2. The Balaban J connectivity index is 1.99. The minimum atomic E-state index is -0.0585. The molecule has 3 aromatic rings. The summed E-state index contributed by atoms with van der Waals surface area (Å²) >= 11 is 0. The molecule has 0 bridgehead atoms. The lowest BCUT2D eigenvalue weighted by Gasteiger charge is -2.15. The molecule has 0 radical (unpaired) electrons. The molecule has 21 heavy (non-hydrogen) atoms. The maximum Gasteiger partial charge on any atom is 0.122 e. The first-order chi connectivity index (χ1) is 10.3. The summed E-state index contributed by atoms with van der Waals surface area (Å²) < 4.78 is 10.8. The molecule has 1 heterocycles. The third-order valence-corrected chi connectivity index (χ3v) is 3.69. The van der Waals surface area contributed by atoms with Gasteiger partial charge in [-0.05, 0) is 47.0 Å². The molecule has 0 aliphatic heterocycles. The van der Waals surface area contributed by atoms with Crippen LogP contribution in [0.5, 0.6) is 5.75 Å². The zero-order valence-corrected chi connectivity index (χ0v) is 11.9. The minimum absolute atomic E-state index is 0.0585. The summed E-state index contributed by atoms with van der Waals surface area (Å²) in [4.78, 5) is 0. The van der Waals surface area contributed by atoms with Gasteiger partial charge in [0, 0.05) is 0 Å². The molecule has 4 heteroatoms. The van der Waals surface area contributed by atoms with Gasteiger partial charge in [0.15, 0.2) is 0 Å². The number of nitrogens with one attached hydrogen (secondary N) is 1. The summed E-state index contributed by atoms with van der Waals surface area (Å²) in [7, 11) is 1.68. The molecule has 3 N–H and O–H groups in total. The van der Waals surface area contributed by atoms with Crippen LogP contribution >= 0.6 is 0 Å². The predicted octanol–water partition coefficient (Wildman–Crippen LogP) is 3.19. The van der Waals surface area contributed by atoms with Crippen LogP contribution in [-0.4, -0.2) is 7.11 Å². The highest BCUT2D eigenvalue weighted by Gasteiger charge is 2.15. The van der Waals surface area contributed by atoms with Gasteiger partial charge in [0.05, 0.1) is 19.4 Å². The van der Waals surface area contributed by atoms with Crippen molar-refractivity contribution >= 4 is 10.8 Å². The van der Waals surface area contributed by atoms with Gasteiger partial charge in [0.25, 0.3) is 0 Å². The van der Waals surface area contributed by atoms with Crippen molar-refractivity contribution in [2.24, 2.45) is 5.84 Å². The molecule has 0 amide bonds. The number of fused-ring (bicyclic) bond motifs is 1. The van der Waals surface area contributed by atoms with Crippen LogP contribution in [0.4, 0.5) is 0 Å². The predicted molar refractivity (Wildman–Crippen MR) is 83.0 cm³/mol. The summed E-state index contributed by atoms with van der Waals surface area (Å²) in [5, 5.41) is 2.35. The number of nitrogens with two attached hydrogens (primary N) is 1. The lowest BCUT2D eigenvalue weighted by atomic mass is 9.98. The van der Waals surface area contributed by atoms with Crippen molar-refractivity contribution in [2.75, 3.05) is 7.11 Å². The van der Waals surface area contributed by atoms with Gasteiger partial charge in [-0.25, -0.2) is 5.43 Å². The molecule has 0 aliphatic carbocycles. The second-order valence-electron chi connectivity index (χ2n) is 4.94. The first-order valence-electron chi connectivity index (χ1n) is 6.87. The van der Waals surface area contributed by atoms with E-state index in [0.717, 1.165) is 17.9 Å². The molecule has 0 saturated heterocycles. The molecule has 4 nitrogen and oxygen atoms in total. The monoisotopic (exact) mass is 282 g/mol. The molecule has 1 unspecified atom stereocenters. The Labute approximate surface area is 123 Å². The van der Waals surface area contributed by atoms with Gasteiger partial charge in [0.2, 0.25) is 0 Å². The summed E-state index contributed by atoms with van der Waals surface area (Å²) in [6.45, 7) is 0. The Morgan fingerprint density at radius 2 is 2.10 bits per heavy atom. The highest BCUT2D eigenvalue weighted by atomic mass is 16.5. The maximum absolute atomic E-state index is 5.68. The van der Waals surface area contributed by atoms with E-state index in [4.69, 9.17) is 15.0 Å². The zero-order chi connectivity index (χ0) is 14.7. The number of hydrazine groups is 1. The van der Waals surface area contributed by atoms with E-state index >= 15 is 0 Å². The lowest BCUT2D eigenvalue weighted by molar-refractivity contribution is 0.414. The van der Waals surface area contributed by atoms with Crippen LogP contribution in [0.15, 0.2) is 59.2 Å². The molecule has 0 spiro atoms. The summed E-state index contributed by atoms with van der Waals surface area (Å²) in [5.41, 5.74) is 4.02. The van der Waals surface area contributed by atoms with E-state index in [0.29, 0.717) is 0 Å². The first-order valence-corrected chi connectivity index (χ1v) is 6.87. The highest BCUT2D eigenvalue weighted by Crippen LogP contribution is 2.27. The summed E-state index contributed by atoms with van der Waals surface area (Å²) in [6.07, 6.45) is 2.40. The summed E-state index contributed by atoms with van der Waals surface area (Å²) in [6, 6.07) is 16.1. The maximum atomic E-state index is 5.68. The zero-order valence-electron chi connectivity index (χ0n) is 11.9. The molecule has 3 rings (SSSR count). The van der Waals surface area contributed by atoms with E-state index < -0.39 is 0 Å². The van der Waals surface area contributed by atoms with Gasteiger partial charge in [-0.2, -0.15) is 0 Å². The Bertz CT molecular complexity index is 723. The van der Waals surface area contributed by atoms with Gasteiger partial charge >= 0.3 is 0 Å². The molecule has 1 aromatic heterocycles. The topological polar surface area (TPSA) is 60.4 Å². The number of methoxy groups -OCH3 is 1. The van der Waals surface area contributed by atoms with Gasteiger partial charge in [-0.15, -0.1) is 0 Å². The third kappa shape index (κ3) is 2.77. The smallest absolute Gasteiger partial charge is 0.122 e. The van der Waals surface area contributed by atoms with Crippen LogP contribution in [0.2, 0.25) is 0 Å². The second-order valence-corrected chi connectivity index (χ2v) is 4.94. The number of hydrogen-bond acceptors (Lipinski definition) is 4. The van der Waals surface area contributed by atoms with Crippen molar-refractivity contribution in [1.29, 1.82) is 0 Å². The van der Waals surface area contributed by atoms with Crippen molar-refractivity contribution in [3.63, 3.8) is 0 Å². The largest absolute Gasteiger partial charge is 0.497 e. The molecule has 2 aromatic carbocycles. The van der Waals surface area contributed by atoms with Crippen molar-refractivity contribution in [3.8, 4) is 5.75 Å². The quantitative estimate of drug-likeness (QED) is 0.557. The van der Waals surface area contributed by atoms with E-state index in [2.05, 4.69) is 35.8 Å². The average Bonchev–Trinajstić information content (AvgIpc) is 3.06. The van der Waals surface area contributed by atoms with Crippen LogP contribution in [0.1, 0.15) is 17.4 Å². The van der Waals surface area contributed by atoms with Crippen LogP contribution in [0.25, 0.3) is 10.8 Å². The van der Waals surface area contributed by atoms with Gasteiger partial charge in [-0.3, -0.25) is 5.84 Å². The molecule has 1 atom stereocenters. The standard InChI is InChI=1S/C17H18N2O2/c1-20-14-8-7-12-4-2-5-13(15(12)11-14)10-16(19-18)17-6-3-9-21-17/h2-9,11,16,19H,10,18H2,1H3. The fraction of sp³-hybridized carbons (Fsp3) is 0.176. The van der Waals surface area contributed by atoms with Crippen molar-refractivity contribution in [3.05, 3.63) is 66.1 Å². The number of ether oxygens (including phenoxy) is 1. The number of rotatable bonds is 5. The molecule has 108 valence electrons. The van der Waals surface area contributed by atoms with Crippen LogP contribution in [-0.2, 0) is 6.42 Å². The number of furan rings is 1. The molecular weight excluding hydrogens is 264 g/mol. The third-order valence-electron chi connectivity index (χ3n) is 3.69. The van der Waals surface area contributed by atoms with Gasteiger partial charge < -0.3 is 9.15 Å². The van der Waals surface area contributed by atoms with Crippen molar-refractivity contribution in [1.82, 2.24) is 5.43 Å². The van der Waals surface area contributed by atoms with E-state index in [1.807, 2.05) is 18.2 Å². The SMILES string of the molecule is COc1ccc2cccc(CC(NN)c3ccco3)c2c1. The number of benzene rings is 2. The van der Waals surface area contributed by atoms with Gasteiger partial charge in [-0.1, -0.05) is 24.3 Å². The second kappa shape index (κ2) is 5.99. The van der Waals surface area contributed by atoms with E-state index in [1.165, 1.54) is 16.3 Å². The fourth-order valence-corrected chi connectivity index (χ4v) is 2.57. The fourth-order valence-electron chi connectivity index (χ4n) is 2.57. The van der Waals surface area contributed by atoms with E-state index in [9.17, 15) is 0 Å². The van der Waals surface area contributed by atoms with Gasteiger partial charge in [0.1, 0.15) is 11.5 Å². The van der Waals surface area contributed by atoms with E-state index in [1.54, 1.807) is 13.4 Å². The van der Waals surface area contributed by atoms with Crippen LogP contribution in [0, 0.1) is 0 Å². The van der Waals surface area contributed by atoms with Crippen LogP contribution < -0.4 is 16.0 Å². The van der Waals surface area contributed by atoms with Crippen molar-refractivity contribution < 1.29 is 9.15 Å². The molecule has 0 fully saturated rings. The van der Waals surface area contributed by atoms with E-state index in [-0.39, 0.29) is 6.04 Å². The first kappa shape index (κ1) is 13.7. The normalized spacial score (nSPS) is 12.5. The summed E-state index contributed by atoms with van der Waals surface area (Å²) in [5.74, 6) is 7.36. The molecule has 0 aliphatic rings. The highest BCUT2D eigenvalue weighted by molar-refractivity contribution is 5.87. The Morgan fingerprint density at radius 3 is 2.81 bits per heavy atom. The Hall–Kier alpha value is -2.30. The Kier molecular flexibility index (Phi) is 3.90. The van der Waals surface area contributed by atoms with Crippen LogP contribution in [0.3, 0.4) is 0 Å². The Morgan fingerprint density at radius 1 is 1.19 bits per heavy atom. The van der Waals surface area contributed by atoms with Crippen molar-refractivity contribution in [2.45, 2.75) is 12.5 Å². The minimum Gasteiger partial charge on any atom is -0.497 e. The molecule has 0 saturated carbocycles. The lowest BCUT2D eigenvalue weighted by Crippen LogP contribution is -2.29. The molecular formula is C17H18N2O2. The average molecular weight is 282 g/mol.